The van der Waals surface area contributed by atoms with Crippen LogP contribution in [0.15, 0.2) is 64.1 Å². The molecule has 1 aromatic rings. The summed E-state index contributed by atoms with van der Waals surface area (Å²) in [5.74, 6) is -0.980. The van der Waals surface area contributed by atoms with Crippen LogP contribution in [0, 0.1) is 0 Å². The van der Waals surface area contributed by atoms with Crippen LogP contribution in [0.25, 0.3) is 0 Å². The summed E-state index contributed by atoms with van der Waals surface area (Å²) in [6, 6.07) is 8.15. The lowest BCUT2D eigenvalue weighted by molar-refractivity contribution is -0.123. The van der Waals surface area contributed by atoms with Crippen LogP contribution in [0.2, 0.25) is 0 Å². The fraction of sp³-hybridized carbons (Fsp3) is 0.0625. The first kappa shape index (κ1) is 15.5. The normalized spacial score (nSPS) is 19.2. The van der Waals surface area contributed by atoms with Crippen LogP contribution in [0.5, 0.6) is 0 Å². The van der Waals surface area contributed by atoms with Gasteiger partial charge in [0.2, 0.25) is 0 Å². The number of benzene rings is 1. The van der Waals surface area contributed by atoms with E-state index >= 15 is 0 Å². The molecule has 0 radical (unpaired) electrons. The number of hydrogen-bond acceptors (Lipinski definition) is 5. The Morgan fingerprint density at radius 2 is 1.74 bits per heavy atom. The van der Waals surface area contributed by atoms with Gasteiger partial charge in [-0.2, -0.15) is 0 Å². The lowest BCUT2D eigenvalue weighted by Crippen LogP contribution is -2.51. The fourth-order valence-corrected chi connectivity index (χ4v) is 3.43. The third-order valence-corrected chi connectivity index (χ3v) is 4.72. The number of hydrogen-bond donors (Lipinski definition) is 2. The standard InChI is InChI=1S/C16H13N3O2S2/c1-19-11-7-3-4-8-12(11)23-13(19)9-5-2-6-10-14(20)17-16(22)18-15(10)21/h2-9H,1H3,(H2,17,18,20,21,22). The van der Waals surface area contributed by atoms with E-state index in [0.717, 1.165) is 10.7 Å². The predicted molar refractivity (Wildman–Crippen MR) is 94.9 cm³/mol. The van der Waals surface area contributed by atoms with Gasteiger partial charge in [0.1, 0.15) is 5.57 Å². The average Bonchev–Trinajstić information content (AvgIpc) is 2.82. The van der Waals surface area contributed by atoms with Gasteiger partial charge >= 0.3 is 0 Å². The fourth-order valence-electron chi connectivity index (χ4n) is 2.18. The molecule has 0 spiro atoms. The molecule has 0 bridgehead atoms. The topological polar surface area (TPSA) is 61.4 Å². The van der Waals surface area contributed by atoms with Gasteiger partial charge in [0.25, 0.3) is 11.8 Å². The van der Waals surface area contributed by atoms with Crippen molar-refractivity contribution in [3.63, 3.8) is 0 Å². The second kappa shape index (κ2) is 6.39. The second-order valence-electron chi connectivity index (χ2n) is 4.84. The number of amides is 2. The lowest BCUT2D eigenvalue weighted by Gasteiger charge is -2.15. The minimum absolute atomic E-state index is 0.0314. The molecular weight excluding hydrogens is 330 g/mol. The van der Waals surface area contributed by atoms with Gasteiger partial charge in [0.05, 0.1) is 10.7 Å². The van der Waals surface area contributed by atoms with E-state index in [0.29, 0.717) is 0 Å². The number of allylic oxidation sites excluding steroid dienone is 4. The van der Waals surface area contributed by atoms with Crippen molar-refractivity contribution in [3.05, 3.63) is 59.2 Å². The molecule has 1 aromatic carbocycles. The number of fused-ring (bicyclic) bond motifs is 1. The molecule has 0 saturated carbocycles. The van der Waals surface area contributed by atoms with Crippen LogP contribution in [0.1, 0.15) is 0 Å². The first-order chi connectivity index (χ1) is 11.1. The molecule has 116 valence electrons. The van der Waals surface area contributed by atoms with E-state index < -0.39 is 11.8 Å². The number of carbonyl (C=O) groups is 2. The number of nitrogens with zero attached hydrogens (tertiary/aromatic N) is 1. The molecule has 2 aliphatic rings. The van der Waals surface area contributed by atoms with Gasteiger partial charge in [-0.3, -0.25) is 20.2 Å². The van der Waals surface area contributed by atoms with Crippen molar-refractivity contribution in [2.45, 2.75) is 4.90 Å². The van der Waals surface area contributed by atoms with E-state index in [4.69, 9.17) is 12.2 Å². The summed E-state index contributed by atoms with van der Waals surface area (Å²) in [6.45, 7) is 0. The minimum atomic E-state index is -0.490. The highest BCUT2D eigenvalue weighted by atomic mass is 32.2. The highest BCUT2D eigenvalue weighted by molar-refractivity contribution is 8.03. The lowest BCUT2D eigenvalue weighted by atomic mass is 10.2. The smallest absolute Gasteiger partial charge is 0.263 e. The first-order valence-electron chi connectivity index (χ1n) is 6.82. The number of nitrogens with one attached hydrogen (secondary N) is 2. The van der Waals surface area contributed by atoms with E-state index in [9.17, 15) is 9.59 Å². The number of carbonyl (C=O) groups excluding carboxylic acids is 2. The van der Waals surface area contributed by atoms with Gasteiger partial charge in [-0.25, -0.2) is 0 Å². The Kier molecular flexibility index (Phi) is 4.31. The van der Waals surface area contributed by atoms with Gasteiger partial charge in [-0.15, -0.1) is 0 Å². The van der Waals surface area contributed by atoms with Crippen LogP contribution in [0.4, 0.5) is 5.69 Å². The van der Waals surface area contributed by atoms with Crippen molar-refractivity contribution in [1.29, 1.82) is 0 Å². The number of para-hydroxylation sites is 1. The highest BCUT2D eigenvalue weighted by Gasteiger charge is 2.24. The van der Waals surface area contributed by atoms with E-state index in [1.54, 1.807) is 23.9 Å². The number of anilines is 1. The molecule has 7 heteroatoms. The molecule has 2 N–H and O–H groups in total. The van der Waals surface area contributed by atoms with E-state index in [-0.39, 0.29) is 10.7 Å². The maximum atomic E-state index is 11.7. The second-order valence-corrected chi connectivity index (χ2v) is 6.31. The predicted octanol–water partition coefficient (Wildman–Crippen LogP) is 2.08. The molecule has 0 unspecified atom stereocenters. The van der Waals surface area contributed by atoms with E-state index in [1.807, 2.05) is 25.3 Å². The molecule has 3 rings (SSSR count). The summed E-state index contributed by atoms with van der Waals surface area (Å²) in [7, 11) is 2.00. The van der Waals surface area contributed by atoms with Crippen LogP contribution in [0.3, 0.4) is 0 Å². The Balaban J connectivity index is 1.73. The summed E-state index contributed by atoms with van der Waals surface area (Å²) in [4.78, 5) is 26.6. The third-order valence-electron chi connectivity index (χ3n) is 3.33. The van der Waals surface area contributed by atoms with E-state index in [2.05, 4.69) is 27.7 Å². The Morgan fingerprint density at radius 1 is 1.09 bits per heavy atom. The largest absolute Gasteiger partial charge is 0.338 e. The number of rotatable bonds is 2. The van der Waals surface area contributed by atoms with Crippen molar-refractivity contribution in [2.24, 2.45) is 0 Å². The molecule has 0 aliphatic carbocycles. The van der Waals surface area contributed by atoms with Crippen LogP contribution >= 0.6 is 24.0 Å². The van der Waals surface area contributed by atoms with Gasteiger partial charge in [0, 0.05) is 11.9 Å². The first-order valence-corrected chi connectivity index (χ1v) is 8.04. The Labute approximate surface area is 143 Å². The molecule has 2 aliphatic heterocycles. The number of thioether (sulfide) groups is 1. The number of thiocarbonyl (C=S) groups is 1. The van der Waals surface area contributed by atoms with Crippen molar-refractivity contribution < 1.29 is 9.59 Å². The SMILES string of the molecule is CN1C(=CC=CC=C2C(=O)NC(=S)NC2=O)Sc2ccccc21. The van der Waals surface area contributed by atoms with Gasteiger partial charge in [-0.05, 0) is 36.5 Å². The van der Waals surface area contributed by atoms with Gasteiger partial charge in [-0.1, -0.05) is 36.0 Å². The molecule has 1 saturated heterocycles. The zero-order valence-electron chi connectivity index (χ0n) is 12.2. The molecule has 0 atom stereocenters. The zero-order chi connectivity index (χ0) is 16.4. The van der Waals surface area contributed by atoms with Gasteiger partial charge < -0.3 is 4.90 Å². The summed E-state index contributed by atoms with van der Waals surface area (Å²) in [5, 5.41) is 5.88. The van der Waals surface area contributed by atoms with Crippen molar-refractivity contribution >= 4 is 46.6 Å². The van der Waals surface area contributed by atoms with E-state index in [1.165, 1.54) is 11.0 Å². The summed E-state index contributed by atoms with van der Waals surface area (Å²) >= 11 is 6.41. The molecule has 23 heavy (non-hydrogen) atoms. The van der Waals surface area contributed by atoms with Crippen molar-refractivity contribution in [1.82, 2.24) is 10.6 Å². The molecule has 2 heterocycles. The third kappa shape index (κ3) is 3.20. The summed E-state index contributed by atoms with van der Waals surface area (Å²) in [6.07, 6.45) is 6.86. The quantitative estimate of drug-likeness (QED) is 0.489. The maximum Gasteiger partial charge on any atom is 0.263 e. The maximum absolute atomic E-state index is 11.7. The average molecular weight is 343 g/mol. The van der Waals surface area contributed by atoms with Crippen molar-refractivity contribution in [3.8, 4) is 0 Å². The molecule has 1 fully saturated rings. The highest BCUT2D eigenvalue weighted by Crippen LogP contribution is 2.44. The van der Waals surface area contributed by atoms with Gasteiger partial charge in [0.15, 0.2) is 5.11 Å². The monoisotopic (exact) mass is 343 g/mol. The summed E-state index contributed by atoms with van der Waals surface area (Å²) < 4.78 is 0. The van der Waals surface area contributed by atoms with Crippen LogP contribution in [-0.2, 0) is 9.59 Å². The summed E-state index contributed by atoms with van der Waals surface area (Å²) in [5.41, 5.74) is 1.19. The molecule has 0 aromatic heterocycles. The molecule has 5 nitrogen and oxygen atoms in total. The molecular formula is C16H13N3O2S2. The minimum Gasteiger partial charge on any atom is -0.338 e. The zero-order valence-corrected chi connectivity index (χ0v) is 13.8. The molecule has 2 amide bonds. The van der Waals surface area contributed by atoms with Crippen LogP contribution in [-0.4, -0.2) is 24.0 Å². The Morgan fingerprint density at radius 3 is 2.43 bits per heavy atom. The Hall–Kier alpha value is -2.38. The van der Waals surface area contributed by atoms with Crippen molar-refractivity contribution in [2.75, 3.05) is 11.9 Å². The van der Waals surface area contributed by atoms with Crippen LogP contribution < -0.4 is 15.5 Å². The Bertz CT molecular complexity index is 774.